The van der Waals surface area contributed by atoms with Crippen molar-refractivity contribution in [1.82, 2.24) is 10.2 Å². The smallest absolute Gasteiger partial charge is 0.0599 e. The van der Waals surface area contributed by atoms with Crippen LogP contribution in [0.5, 0.6) is 0 Å². The van der Waals surface area contributed by atoms with Crippen molar-refractivity contribution < 1.29 is 5.11 Å². The highest BCUT2D eigenvalue weighted by Crippen LogP contribution is 2.29. The first-order valence-corrected chi connectivity index (χ1v) is 4.91. The zero-order valence-corrected chi connectivity index (χ0v) is 7.66. The summed E-state index contributed by atoms with van der Waals surface area (Å²) in [6, 6.07) is 1.74. The molecule has 70 valence electrons. The molecule has 1 aliphatic heterocycles. The fourth-order valence-electron chi connectivity index (χ4n) is 2.01. The van der Waals surface area contributed by atoms with Crippen LogP contribution in [0, 0.1) is 0 Å². The van der Waals surface area contributed by atoms with Crippen molar-refractivity contribution in [3.05, 3.63) is 0 Å². The molecule has 1 saturated carbocycles. The first-order chi connectivity index (χ1) is 5.81. The summed E-state index contributed by atoms with van der Waals surface area (Å²) < 4.78 is 0. The topological polar surface area (TPSA) is 35.5 Å². The van der Waals surface area contributed by atoms with Crippen LogP contribution in [-0.4, -0.2) is 47.8 Å². The van der Waals surface area contributed by atoms with E-state index in [4.69, 9.17) is 5.11 Å². The van der Waals surface area contributed by atoms with Gasteiger partial charge in [0.25, 0.3) is 0 Å². The summed E-state index contributed by atoms with van der Waals surface area (Å²) in [4.78, 5) is 2.47. The molecule has 3 heteroatoms. The average molecular weight is 170 g/mol. The lowest BCUT2D eigenvalue weighted by Gasteiger charge is -2.38. The Labute approximate surface area is 73.8 Å². The van der Waals surface area contributed by atoms with E-state index >= 15 is 0 Å². The van der Waals surface area contributed by atoms with Gasteiger partial charge in [-0.25, -0.2) is 0 Å². The van der Waals surface area contributed by atoms with Gasteiger partial charge < -0.3 is 10.4 Å². The van der Waals surface area contributed by atoms with Crippen LogP contribution in [0.2, 0.25) is 0 Å². The number of nitrogens with zero attached hydrogens (tertiary/aromatic N) is 1. The Balaban J connectivity index is 1.94. The second-order valence-corrected chi connectivity index (χ2v) is 4.07. The summed E-state index contributed by atoms with van der Waals surface area (Å²) in [5.41, 5.74) is 0. The Bertz CT molecular complexity index is 159. The Morgan fingerprint density at radius 3 is 2.83 bits per heavy atom. The molecule has 0 amide bonds. The van der Waals surface area contributed by atoms with Crippen LogP contribution in [-0.2, 0) is 0 Å². The highest BCUT2D eigenvalue weighted by molar-refractivity contribution is 4.93. The summed E-state index contributed by atoms with van der Waals surface area (Å²) in [6.07, 6.45) is 2.67. The maximum atomic E-state index is 9.14. The third-order valence-electron chi connectivity index (χ3n) is 2.88. The molecule has 0 radical (unpaired) electrons. The Morgan fingerprint density at radius 1 is 1.50 bits per heavy atom. The van der Waals surface area contributed by atoms with Crippen LogP contribution < -0.4 is 5.32 Å². The molecule has 12 heavy (non-hydrogen) atoms. The van der Waals surface area contributed by atoms with Crippen LogP contribution in [0.1, 0.15) is 19.8 Å². The lowest BCUT2D eigenvalue weighted by atomic mass is 10.1. The standard InChI is InChI=1S/C9H18N2O/c1-7-5-11(8-2-3-8)9(6-12)4-10-7/h7-10,12H,2-6H2,1H3. The van der Waals surface area contributed by atoms with Crippen molar-refractivity contribution in [2.75, 3.05) is 19.7 Å². The van der Waals surface area contributed by atoms with Crippen LogP contribution in [0.4, 0.5) is 0 Å². The second-order valence-electron chi connectivity index (χ2n) is 4.07. The molecule has 2 N–H and O–H groups in total. The number of aliphatic hydroxyl groups is 1. The van der Waals surface area contributed by atoms with Crippen molar-refractivity contribution >= 4 is 0 Å². The number of aliphatic hydroxyl groups excluding tert-OH is 1. The van der Waals surface area contributed by atoms with E-state index in [-0.39, 0.29) is 0 Å². The molecule has 2 atom stereocenters. The molecule has 0 bridgehead atoms. The van der Waals surface area contributed by atoms with E-state index in [1.807, 2.05) is 0 Å². The fraction of sp³-hybridized carbons (Fsp3) is 1.00. The molecular weight excluding hydrogens is 152 g/mol. The second kappa shape index (κ2) is 3.32. The van der Waals surface area contributed by atoms with E-state index in [0.29, 0.717) is 18.7 Å². The molecule has 2 unspecified atom stereocenters. The van der Waals surface area contributed by atoms with Crippen LogP contribution in [0.15, 0.2) is 0 Å². The number of hydrogen-bond acceptors (Lipinski definition) is 3. The first kappa shape index (κ1) is 8.48. The highest BCUT2D eigenvalue weighted by Gasteiger charge is 2.36. The molecular formula is C9H18N2O. The van der Waals surface area contributed by atoms with E-state index in [0.717, 1.165) is 19.1 Å². The summed E-state index contributed by atoms with van der Waals surface area (Å²) in [5.74, 6) is 0. The van der Waals surface area contributed by atoms with E-state index in [2.05, 4.69) is 17.1 Å². The Morgan fingerprint density at radius 2 is 2.25 bits per heavy atom. The van der Waals surface area contributed by atoms with Gasteiger partial charge >= 0.3 is 0 Å². The van der Waals surface area contributed by atoms with Crippen molar-refractivity contribution in [3.8, 4) is 0 Å². The van der Waals surface area contributed by atoms with Gasteiger partial charge in [-0.1, -0.05) is 0 Å². The van der Waals surface area contributed by atoms with Gasteiger partial charge in [0.2, 0.25) is 0 Å². The molecule has 2 rings (SSSR count). The minimum Gasteiger partial charge on any atom is -0.395 e. The van der Waals surface area contributed by atoms with Gasteiger partial charge in [-0.05, 0) is 19.8 Å². The normalized spacial score (nSPS) is 38.5. The van der Waals surface area contributed by atoms with Gasteiger partial charge in [0.1, 0.15) is 0 Å². The van der Waals surface area contributed by atoms with Crippen molar-refractivity contribution in [3.63, 3.8) is 0 Å². The predicted octanol–water partition coefficient (Wildman–Crippen LogP) is -0.197. The maximum Gasteiger partial charge on any atom is 0.0599 e. The van der Waals surface area contributed by atoms with Gasteiger partial charge in [-0.3, -0.25) is 4.90 Å². The molecule has 0 aromatic rings. The quantitative estimate of drug-likeness (QED) is 0.602. The third-order valence-corrected chi connectivity index (χ3v) is 2.88. The number of hydrogen-bond donors (Lipinski definition) is 2. The predicted molar refractivity (Wildman–Crippen MR) is 48.1 cm³/mol. The number of rotatable bonds is 2. The van der Waals surface area contributed by atoms with Gasteiger partial charge in [0, 0.05) is 31.2 Å². The van der Waals surface area contributed by atoms with E-state index in [1.165, 1.54) is 12.8 Å². The third kappa shape index (κ3) is 1.63. The van der Waals surface area contributed by atoms with E-state index < -0.39 is 0 Å². The summed E-state index contributed by atoms with van der Waals surface area (Å²) in [5, 5.41) is 12.5. The highest BCUT2D eigenvalue weighted by atomic mass is 16.3. The SMILES string of the molecule is CC1CN(C2CC2)C(CO)CN1. The molecule has 0 spiro atoms. The van der Waals surface area contributed by atoms with Crippen LogP contribution in [0.3, 0.4) is 0 Å². The molecule has 1 heterocycles. The lowest BCUT2D eigenvalue weighted by Crippen LogP contribution is -2.57. The number of nitrogens with one attached hydrogen (secondary N) is 1. The van der Waals surface area contributed by atoms with Crippen LogP contribution >= 0.6 is 0 Å². The molecule has 0 aromatic carbocycles. The first-order valence-electron chi connectivity index (χ1n) is 4.91. The molecule has 1 aliphatic carbocycles. The zero-order valence-electron chi connectivity index (χ0n) is 7.66. The lowest BCUT2D eigenvalue weighted by molar-refractivity contribution is 0.0776. The molecule has 3 nitrogen and oxygen atoms in total. The van der Waals surface area contributed by atoms with Gasteiger partial charge in [-0.2, -0.15) is 0 Å². The number of piperazine rings is 1. The zero-order chi connectivity index (χ0) is 8.55. The maximum absolute atomic E-state index is 9.14. The van der Waals surface area contributed by atoms with Gasteiger partial charge in [0.05, 0.1) is 6.61 Å². The molecule has 2 aliphatic rings. The Kier molecular flexibility index (Phi) is 2.35. The largest absolute Gasteiger partial charge is 0.395 e. The molecule has 0 aromatic heterocycles. The van der Waals surface area contributed by atoms with Crippen molar-refractivity contribution in [2.45, 2.75) is 37.9 Å². The van der Waals surface area contributed by atoms with Gasteiger partial charge in [0.15, 0.2) is 0 Å². The van der Waals surface area contributed by atoms with Crippen LogP contribution in [0.25, 0.3) is 0 Å². The Hall–Kier alpha value is -0.120. The summed E-state index contributed by atoms with van der Waals surface area (Å²) >= 11 is 0. The minimum absolute atomic E-state index is 0.302. The monoisotopic (exact) mass is 170 g/mol. The van der Waals surface area contributed by atoms with Crippen molar-refractivity contribution in [2.24, 2.45) is 0 Å². The van der Waals surface area contributed by atoms with Crippen molar-refractivity contribution in [1.29, 1.82) is 0 Å². The summed E-state index contributed by atoms with van der Waals surface area (Å²) in [7, 11) is 0. The molecule has 1 saturated heterocycles. The van der Waals surface area contributed by atoms with E-state index in [9.17, 15) is 0 Å². The molecule has 2 fully saturated rings. The van der Waals surface area contributed by atoms with Gasteiger partial charge in [-0.15, -0.1) is 0 Å². The van der Waals surface area contributed by atoms with E-state index in [1.54, 1.807) is 0 Å². The average Bonchev–Trinajstić information content (AvgIpc) is 2.87. The fourth-order valence-corrected chi connectivity index (χ4v) is 2.01. The summed E-state index contributed by atoms with van der Waals surface area (Å²) in [6.45, 7) is 4.57. The minimum atomic E-state index is 0.302.